The van der Waals surface area contributed by atoms with Gasteiger partial charge in [-0.1, -0.05) is 18.2 Å². The average molecular weight is 310 g/mol. The summed E-state index contributed by atoms with van der Waals surface area (Å²) in [5.74, 6) is 0. The van der Waals surface area contributed by atoms with Crippen LogP contribution in [0, 0.1) is 11.3 Å². The molecular weight excluding hydrogens is 296 g/mol. The molecule has 0 N–H and O–H groups in total. The van der Waals surface area contributed by atoms with Crippen LogP contribution < -0.4 is 0 Å². The van der Waals surface area contributed by atoms with Gasteiger partial charge in [0.1, 0.15) is 16.8 Å². The Morgan fingerprint density at radius 2 is 2.05 bits per heavy atom. The van der Waals surface area contributed by atoms with E-state index in [1.165, 1.54) is 11.8 Å². The summed E-state index contributed by atoms with van der Waals surface area (Å²) >= 11 is 1.45. The van der Waals surface area contributed by atoms with Crippen LogP contribution in [0.2, 0.25) is 0 Å². The van der Waals surface area contributed by atoms with E-state index in [0.717, 1.165) is 27.8 Å². The van der Waals surface area contributed by atoms with Gasteiger partial charge in [-0.05, 0) is 36.0 Å². The number of hydrogen-bond acceptors (Lipinski definition) is 5. The molecule has 0 atom stereocenters. The van der Waals surface area contributed by atoms with Gasteiger partial charge in [-0.3, -0.25) is 0 Å². The molecular formula is C16H14N4OS. The number of nitrogens with zero attached hydrogens (tertiary/aromatic N) is 4. The number of imidazole rings is 1. The fourth-order valence-corrected chi connectivity index (χ4v) is 3.08. The molecule has 0 fully saturated rings. The summed E-state index contributed by atoms with van der Waals surface area (Å²) in [7, 11) is 1.68. The first-order valence-corrected chi connectivity index (χ1v) is 7.62. The third-order valence-corrected chi connectivity index (χ3v) is 4.10. The topological polar surface area (TPSA) is 63.7 Å². The molecule has 0 aliphatic heterocycles. The number of para-hydroxylation sites is 2. The fraction of sp³-hybridized carbons (Fsp3) is 0.188. The molecule has 0 aliphatic carbocycles. The maximum Gasteiger partial charge on any atom is 0.175 e. The van der Waals surface area contributed by atoms with E-state index in [9.17, 15) is 0 Å². The Morgan fingerprint density at radius 1 is 1.18 bits per heavy atom. The van der Waals surface area contributed by atoms with E-state index in [-0.39, 0.29) is 0 Å². The number of aromatic nitrogens is 3. The summed E-state index contributed by atoms with van der Waals surface area (Å²) in [6.45, 7) is 1.33. The second kappa shape index (κ2) is 6.60. The summed E-state index contributed by atoms with van der Waals surface area (Å²) in [5.41, 5.74) is 2.42. The first-order valence-electron chi connectivity index (χ1n) is 6.81. The second-order valence-electron chi connectivity index (χ2n) is 4.60. The van der Waals surface area contributed by atoms with Crippen molar-refractivity contribution in [2.24, 2.45) is 0 Å². The van der Waals surface area contributed by atoms with Crippen molar-refractivity contribution in [2.45, 2.75) is 16.7 Å². The van der Waals surface area contributed by atoms with E-state index in [1.54, 1.807) is 13.2 Å². The number of ether oxygens (including phenoxy) is 1. The first kappa shape index (κ1) is 14.6. The Morgan fingerprint density at radius 3 is 2.86 bits per heavy atom. The third-order valence-electron chi connectivity index (χ3n) is 3.17. The fourth-order valence-electron chi connectivity index (χ4n) is 2.16. The predicted molar refractivity (Wildman–Crippen MR) is 84.7 cm³/mol. The van der Waals surface area contributed by atoms with Crippen LogP contribution >= 0.6 is 11.8 Å². The number of nitriles is 1. The lowest BCUT2D eigenvalue weighted by Crippen LogP contribution is -2.05. The van der Waals surface area contributed by atoms with Crippen molar-refractivity contribution in [3.05, 3.63) is 48.2 Å². The molecule has 5 nitrogen and oxygen atoms in total. The number of methoxy groups -OCH3 is 1. The normalized spacial score (nSPS) is 10.7. The molecule has 0 radical (unpaired) electrons. The highest BCUT2D eigenvalue weighted by Gasteiger charge is 2.12. The Bertz CT molecular complexity index is 838. The number of hydrogen-bond donors (Lipinski definition) is 0. The maximum absolute atomic E-state index is 8.95. The van der Waals surface area contributed by atoms with Gasteiger partial charge >= 0.3 is 0 Å². The van der Waals surface area contributed by atoms with Crippen LogP contribution in [0.3, 0.4) is 0 Å². The van der Waals surface area contributed by atoms with Gasteiger partial charge in [-0.15, -0.1) is 0 Å². The van der Waals surface area contributed by atoms with Crippen LogP contribution in [0.1, 0.15) is 5.69 Å². The zero-order valence-electron chi connectivity index (χ0n) is 12.1. The number of pyridine rings is 1. The molecule has 3 aromatic rings. The summed E-state index contributed by atoms with van der Waals surface area (Å²) in [6.07, 6.45) is 0. The monoisotopic (exact) mass is 310 g/mol. The summed E-state index contributed by atoms with van der Waals surface area (Å²) in [4.78, 5) is 8.96. The minimum atomic E-state index is 0.407. The zero-order valence-corrected chi connectivity index (χ0v) is 12.9. The molecule has 2 heterocycles. The van der Waals surface area contributed by atoms with Crippen LogP contribution in [0.5, 0.6) is 0 Å². The summed E-state index contributed by atoms with van der Waals surface area (Å²) in [5, 5.41) is 10.6. The summed E-state index contributed by atoms with van der Waals surface area (Å²) in [6, 6.07) is 15.5. The highest BCUT2D eigenvalue weighted by atomic mass is 32.2. The van der Waals surface area contributed by atoms with Gasteiger partial charge < -0.3 is 9.30 Å². The molecule has 0 spiro atoms. The van der Waals surface area contributed by atoms with E-state index in [2.05, 4.69) is 20.6 Å². The average Bonchev–Trinajstić information content (AvgIpc) is 2.90. The smallest absolute Gasteiger partial charge is 0.175 e. The second-order valence-corrected chi connectivity index (χ2v) is 5.59. The highest BCUT2D eigenvalue weighted by molar-refractivity contribution is 7.99. The minimum absolute atomic E-state index is 0.407. The van der Waals surface area contributed by atoms with E-state index in [0.29, 0.717) is 12.3 Å². The zero-order chi connectivity index (χ0) is 15.4. The van der Waals surface area contributed by atoms with Crippen LogP contribution in [0.15, 0.2) is 52.6 Å². The van der Waals surface area contributed by atoms with Crippen molar-refractivity contribution in [3.8, 4) is 6.07 Å². The number of benzene rings is 1. The molecule has 6 heteroatoms. The molecule has 0 saturated heterocycles. The van der Waals surface area contributed by atoms with E-state index in [1.807, 2.05) is 36.4 Å². The van der Waals surface area contributed by atoms with Gasteiger partial charge in [0.05, 0.1) is 17.6 Å². The predicted octanol–water partition coefficient (Wildman–Crippen LogP) is 3.10. The molecule has 0 aliphatic rings. The van der Waals surface area contributed by atoms with Gasteiger partial charge in [-0.2, -0.15) is 5.26 Å². The number of rotatable bonds is 5. The molecule has 0 unspecified atom stereocenters. The highest BCUT2D eigenvalue weighted by Crippen LogP contribution is 2.29. The lowest BCUT2D eigenvalue weighted by molar-refractivity contribution is 0.186. The molecule has 3 rings (SSSR count). The van der Waals surface area contributed by atoms with E-state index >= 15 is 0 Å². The van der Waals surface area contributed by atoms with Crippen LogP contribution in [-0.2, 0) is 11.3 Å². The molecule has 22 heavy (non-hydrogen) atoms. The van der Waals surface area contributed by atoms with Crippen molar-refractivity contribution >= 4 is 22.8 Å². The SMILES string of the molecule is COCCn1c(Sc2cccc(C#N)n2)nc2ccccc21. The van der Waals surface area contributed by atoms with Crippen LogP contribution in [0.4, 0.5) is 0 Å². The molecule has 0 saturated carbocycles. The van der Waals surface area contributed by atoms with Gasteiger partial charge in [0.15, 0.2) is 5.16 Å². The third kappa shape index (κ3) is 2.96. The molecule has 110 valence electrons. The Hall–Kier alpha value is -2.36. The lowest BCUT2D eigenvalue weighted by atomic mass is 10.3. The molecule has 1 aromatic carbocycles. The minimum Gasteiger partial charge on any atom is -0.383 e. The van der Waals surface area contributed by atoms with Crippen molar-refractivity contribution < 1.29 is 4.74 Å². The van der Waals surface area contributed by atoms with Gasteiger partial charge in [0.2, 0.25) is 0 Å². The van der Waals surface area contributed by atoms with E-state index < -0.39 is 0 Å². The number of fused-ring (bicyclic) bond motifs is 1. The van der Waals surface area contributed by atoms with Crippen molar-refractivity contribution in [3.63, 3.8) is 0 Å². The summed E-state index contributed by atoms with van der Waals surface area (Å²) < 4.78 is 7.30. The standard InChI is InChI=1S/C16H14N4OS/c1-21-10-9-20-14-7-3-2-6-13(14)19-16(20)22-15-8-4-5-12(11-17)18-15/h2-8H,9-10H2,1H3. The van der Waals surface area contributed by atoms with E-state index in [4.69, 9.17) is 10.00 Å². The largest absolute Gasteiger partial charge is 0.383 e. The van der Waals surface area contributed by atoms with Gasteiger partial charge in [0.25, 0.3) is 0 Å². The van der Waals surface area contributed by atoms with Crippen LogP contribution in [-0.4, -0.2) is 28.3 Å². The van der Waals surface area contributed by atoms with Crippen molar-refractivity contribution in [2.75, 3.05) is 13.7 Å². The van der Waals surface area contributed by atoms with Crippen molar-refractivity contribution in [1.29, 1.82) is 5.26 Å². The lowest BCUT2D eigenvalue weighted by Gasteiger charge is -2.07. The van der Waals surface area contributed by atoms with Gasteiger partial charge in [-0.25, -0.2) is 9.97 Å². The first-order chi connectivity index (χ1) is 10.8. The quantitative estimate of drug-likeness (QED) is 0.724. The Kier molecular flexibility index (Phi) is 4.37. The molecule has 2 aromatic heterocycles. The van der Waals surface area contributed by atoms with Gasteiger partial charge in [0, 0.05) is 13.7 Å². The Balaban J connectivity index is 2.00. The van der Waals surface area contributed by atoms with Crippen molar-refractivity contribution in [1.82, 2.24) is 14.5 Å². The maximum atomic E-state index is 8.95. The Labute approximate surface area is 132 Å². The molecule has 0 amide bonds. The molecule has 0 bridgehead atoms. The van der Waals surface area contributed by atoms with Crippen LogP contribution in [0.25, 0.3) is 11.0 Å².